The molecule has 0 radical (unpaired) electrons. The number of nitrogens with zero attached hydrogens (tertiary/aromatic N) is 4. The number of imidazole rings is 2. The molecule has 0 unspecified atom stereocenters. The van der Waals surface area contributed by atoms with Gasteiger partial charge in [0, 0.05) is 28.9 Å². The lowest BCUT2D eigenvalue weighted by molar-refractivity contribution is -0.137. The molecule has 8 rings (SSSR count). The highest BCUT2D eigenvalue weighted by Gasteiger charge is 2.42. The van der Waals surface area contributed by atoms with Crippen molar-refractivity contribution in [2.24, 2.45) is 5.92 Å². The maximum atomic E-state index is 14.0. The average Bonchev–Trinajstić information content (AvgIpc) is 3.97. The molecule has 2 fully saturated rings. The molecule has 2 aromatic carbocycles. The van der Waals surface area contributed by atoms with E-state index < -0.39 is 18.2 Å². The highest BCUT2D eigenvalue weighted by atomic mass is 16.5. The van der Waals surface area contributed by atoms with Gasteiger partial charge in [-0.15, -0.1) is 0 Å². The molecule has 6 atom stereocenters. The number of methoxy groups -OCH3 is 1. The van der Waals surface area contributed by atoms with Crippen LogP contribution in [0.25, 0.3) is 33.6 Å². The maximum absolute atomic E-state index is 14.0. The number of carbonyl (C=O) groups is 3. The molecule has 3 amide bonds. The Hall–Kier alpha value is -5.33. The lowest BCUT2D eigenvalue weighted by Crippen LogP contribution is -2.53. The van der Waals surface area contributed by atoms with E-state index in [0.29, 0.717) is 6.61 Å². The van der Waals surface area contributed by atoms with E-state index in [4.69, 9.17) is 19.4 Å². The normalized spacial score (nSPS) is 22.6. The van der Waals surface area contributed by atoms with Gasteiger partial charge in [-0.3, -0.25) is 9.69 Å². The number of hydrogen-bond acceptors (Lipinski definition) is 7. The molecule has 4 aromatic rings. The number of carboxylic acid groups (broad SMARTS) is 1. The van der Waals surface area contributed by atoms with Gasteiger partial charge in [-0.1, -0.05) is 32.4 Å². The predicted octanol–water partition coefficient (Wildman–Crippen LogP) is 7.15. The Balaban J connectivity index is 1.04. The molecule has 3 aliphatic heterocycles. The Labute approximate surface area is 308 Å². The first kappa shape index (κ1) is 34.7. The van der Waals surface area contributed by atoms with Gasteiger partial charge in [-0.05, 0) is 98.7 Å². The van der Waals surface area contributed by atoms with Gasteiger partial charge >= 0.3 is 12.2 Å². The second-order valence-electron chi connectivity index (χ2n) is 15.1. The number of nitrogens with one attached hydrogen (secondary N) is 3. The van der Waals surface area contributed by atoms with Gasteiger partial charge in [0.15, 0.2) is 0 Å². The first-order valence-electron chi connectivity index (χ1n) is 18.8. The first-order valence-corrected chi connectivity index (χ1v) is 18.8. The van der Waals surface area contributed by atoms with E-state index >= 15 is 0 Å². The Morgan fingerprint density at radius 3 is 2.45 bits per heavy atom. The smallest absolute Gasteiger partial charge is 0.408 e. The number of amides is 3. The number of benzene rings is 2. The quantitative estimate of drug-likeness (QED) is 0.156. The zero-order valence-corrected chi connectivity index (χ0v) is 30.9. The fraction of sp³-hybridized carbons (Fsp3) is 0.475. The van der Waals surface area contributed by atoms with Crippen molar-refractivity contribution >= 4 is 18.1 Å². The van der Waals surface area contributed by atoms with Gasteiger partial charge in [-0.25, -0.2) is 19.6 Å². The summed E-state index contributed by atoms with van der Waals surface area (Å²) in [5.41, 5.74) is 9.26. The molecule has 53 heavy (non-hydrogen) atoms. The van der Waals surface area contributed by atoms with Crippen molar-refractivity contribution in [1.29, 1.82) is 0 Å². The van der Waals surface area contributed by atoms with Gasteiger partial charge in [0.1, 0.15) is 30.0 Å². The lowest BCUT2D eigenvalue weighted by Gasteiger charge is -2.33. The lowest BCUT2D eigenvalue weighted by atomic mass is 9.86. The SMILES string of the molecule is CC[C@H](C)[C@H](NC(=O)OC)C(=O)N1[C@@H](C)CC[C@H]1c1ncc(-c2ccc3c(c2)COc2cc4c(cc2-3)CCc2[nH]c([C@@H]3CC[C@H](C)N3C(=O)O)nc2-4)[nH]1. The molecule has 278 valence electrons. The summed E-state index contributed by atoms with van der Waals surface area (Å²) in [4.78, 5) is 58.3. The number of carbonyl (C=O) groups excluding carboxylic acids is 2. The molecule has 1 aliphatic carbocycles. The highest BCUT2D eigenvalue weighted by molar-refractivity contribution is 5.87. The van der Waals surface area contributed by atoms with Crippen LogP contribution in [0.15, 0.2) is 36.5 Å². The molecule has 0 spiro atoms. The maximum Gasteiger partial charge on any atom is 0.408 e. The minimum atomic E-state index is -0.907. The number of rotatable bonds is 7. The minimum Gasteiger partial charge on any atom is -0.488 e. The Morgan fingerprint density at radius 1 is 0.962 bits per heavy atom. The summed E-state index contributed by atoms with van der Waals surface area (Å²) < 4.78 is 11.2. The molecule has 0 bridgehead atoms. The standard InChI is InChI=1S/C40H47N7O6/c1-6-20(2)34(45-39(49)52-5)38(48)46-21(3)7-13-31(46)36-41-18-30(43-36)24-9-11-26-25(15-24)19-53-33-17-27-23(16-28(26)33)10-12-29-35(27)44-37(42-29)32-14-8-22(4)47(32)40(50)51/h9,11,15-18,20-22,31-32,34H,6-8,10,12-14,19H2,1-5H3,(H,41,43)(H,42,44)(H,45,49)(H,50,51)/t20-,21-,22-,31-,32-,34-/m0/s1. The fourth-order valence-corrected chi connectivity index (χ4v) is 8.81. The number of alkyl carbamates (subject to hydrolysis) is 1. The van der Waals surface area contributed by atoms with E-state index in [1.165, 1.54) is 17.6 Å². The topological polar surface area (TPSA) is 166 Å². The van der Waals surface area contributed by atoms with Crippen LogP contribution in [-0.2, 0) is 29.0 Å². The third kappa shape index (κ3) is 5.99. The second-order valence-corrected chi connectivity index (χ2v) is 15.1. The van der Waals surface area contributed by atoms with Crippen molar-refractivity contribution in [2.45, 2.75) is 109 Å². The zero-order valence-electron chi connectivity index (χ0n) is 30.9. The van der Waals surface area contributed by atoms with Gasteiger partial charge < -0.3 is 34.8 Å². The molecule has 0 saturated carbocycles. The van der Waals surface area contributed by atoms with Crippen LogP contribution in [0.2, 0.25) is 0 Å². The summed E-state index contributed by atoms with van der Waals surface area (Å²) in [6.45, 7) is 8.38. The van der Waals surface area contributed by atoms with Crippen LogP contribution in [0.5, 0.6) is 5.75 Å². The summed E-state index contributed by atoms with van der Waals surface area (Å²) in [5, 5.41) is 12.6. The van der Waals surface area contributed by atoms with Crippen LogP contribution in [0, 0.1) is 5.92 Å². The van der Waals surface area contributed by atoms with Crippen LogP contribution in [0.3, 0.4) is 0 Å². The highest BCUT2D eigenvalue weighted by Crippen LogP contribution is 2.46. The van der Waals surface area contributed by atoms with E-state index in [-0.39, 0.29) is 36.0 Å². The van der Waals surface area contributed by atoms with Crippen molar-refractivity contribution in [2.75, 3.05) is 7.11 Å². The number of likely N-dealkylation sites (tertiary alicyclic amines) is 2. The third-order valence-electron chi connectivity index (χ3n) is 12.0. The number of aromatic nitrogens is 4. The van der Waals surface area contributed by atoms with E-state index in [1.807, 2.05) is 38.8 Å². The zero-order chi connectivity index (χ0) is 37.1. The van der Waals surface area contributed by atoms with Crippen molar-refractivity contribution in [3.8, 4) is 39.4 Å². The minimum absolute atomic E-state index is 0.00108. The molecular weight excluding hydrogens is 674 g/mol. The Morgan fingerprint density at radius 2 is 1.72 bits per heavy atom. The van der Waals surface area contributed by atoms with Crippen LogP contribution in [0.1, 0.15) is 100 Å². The molecule has 5 heterocycles. The molecule has 2 saturated heterocycles. The molecule has 13 nitrogen and oxygen atoms in total. The summed E-state index contributed by atoms with van der Waals surface area (Å²) in [6.07, 6.45) is 5.87. The molecule has 2 aromatic heterocycles. The number of aromatic amines is 2. The monoisotopic (exact) mass is 721 g/mol. The summed E-state index contributed by atoms with van der Waals surface area (Å²) in [6, 6.07) is 9.47. The first-order chi connectivity index (χ1) is 25.6. The van der Waals surface area contributed by atoms with Crippen molar-refractivity contribution in [1.82, 2.24) is 35.1 Å². The van der Waals surface area contributed by atoms with E-state index in [1.54, 1.807) is 0 Å². The number of ether oxygens (including phenoxy) is 2. The van der Waals surface area contributed by atoms with Crippen molar-refractivity contribution in [3.05, 3.63) is 65.0 Å². The van der Waals surface area contributed by atoms with Crippen molar-refractivity contribution < 1.29 is 29.0 Å². The Kier molecular flexibility index (Phi) is 8.90. The number of aryl methyl sites for hydroxylation is 2. The molecule has 4 N–H and O–H groups in total. The second kappa shape index (κ2) is 13.6. The predicted molar refractivity (Wildman–Crippen MR) is 197 cm³/mol. The number of H-pyrrole nitrogens is 2. The summed E-state index contributed by atoms with van der Waals surface area (Å²) in [7, 11) is 1.31. The third-order valence-corrected chi connectivity index (χ3v) is 12.0. The van der Waals surface area contributed by atoms with Gasteiger partial charge in [0.05, 0.1) is 36.8 Å². The summed E-state index contributed by atoms with van der Waals surface area (Å²) >= 11 is 0. The molecule has 13 heteroatoms. The van der Waals surface area contributed by atoms with Crippen LogP contribution in [-0.4, -0.2) is 78.2 Å². The van der Waals surface area contributed by atoms with Gasteiger partial charge in [0.2, 0.25) is 5.91 Å². The van der Waals surface area contributed by atoms with Crippen LogP contribution >= 0.6 is 0 Å². The molecular formula is C40H47N7O6. The number of fused-ring (bicyclic) bond motifs is 6. The largest absolute Gasteiger partial charge is 0.488 e. The van der Waals surface area contributed by atoms with Gasteiger partial charge in [-0.2, -0.15) is 0 Å². The fourth-order valence-electron chi connectivity index (χ4n) is 8.81. The molecule has 4 aliphatic rings. The Bertz CT molecular complexity index is 2090. The van der Waals surface area contributed by atoms with E-state index in [9.17, 15) is 19.5 Å². The summed E-state index contributed by atoms with van der Waals surface area (Å²) in [5.74, 6) is 2.07. The van der Waals surface area contributed by atoms with Crippen molar-refractivity contribution in [3.63, 3.8) is 0 Å². The van der Waals surface area contributed by atoms with E-state index in [0.717, 1.165) is 107 Å². The van der Waals surface area contributed by atoms with E-state index in [2.05, 4.69) is 45.6 Å². The van der Waals surface area contributed by atoms with Gasteiger partial charge in [0.25, 0.3) is 0 Å². The average molecular weight is 722 g/mol. The van der Waals surface area contributed by atoms with Crippen LogP contribution < -0.4 is 10.1 Å². The number of hydrogen-bond donors (Lipinski definition) is 4. The van der Waals surface area contributed by atoms with Crippen LogP contribution in [0.4, 0.5) is 9.59 Å².